The Balaban J connectivity index is 1.43. The van der Waals surface area contributed by atoms with Crippen LogP contribution in [0.15, 0.2) is 61.1 Å². The van der Waals surface area contributed by atoms with Crippen LogP contribution in [0.4, 0.5) is 5.69 Å². The molecule has 152 valence electrons. The first-order valence-corrected chi connectivity index (χ1v) is 9.87. The molecule has 2 aromatic carbocycles. The number of amides is 1. The molecule has 0 aliphatic carbocycles. The van der Waals surface area contributed by atoms with Crippen LogP contribution in [0, 0.1) is 5.41 Å². The number of H-pyrrole nitrogens is 1. The van der Waals surface area contributed by atoms with E-state index in [1.54, 1.807) is 17.2 Å². The zero-order chi connectivity index (χ0) is 20.6. The number of rotatable bonds is 6. The molecule has 2 aromatic heterocycles. The highest BCUT2D eigenvalue weighted by Gasteiger charge is 2.37. The van der Waals surface area contributed by atoms with Crippen molar-refractivity contribution in [3.05, 3.63) is 61.1 Å². The second-order valence-corrected chi connectivity index (χ2v) is 8.03. The average Bonchev–Trinajstić information content (AvgIpc) is 3.42. The Labute approximate surface area is 173 Å². The summed E-state index contributed by atoms with van der Waals surface area (Å²) in [5.74, 6) is -0.0342. The lowest BCUT2D eigenvalue weighted by Gasteiger charge is -2.41. The van der Waals surface area contributed by atoms with E-state index in [4.69, 9.17) is 4.74 Å². The molecule has 1 amide bonds. The van der Waals surface area contributed by atoms with Gasteiger partial charge < -0.3 is 14.6 Å². The predicted octanol–water partition coefficient (Wildman–Crippen LogP) is 2.89. The van der Waals surface area contributed by atoms with Crippen molar-refractivity contribution in [2.45, 2.75) is 13.5 Å². The van der Waals surface area contributed by atoms with Crippen molar-refractivity contribution in [2.75, 3.05) is 24.7 Å². The summed E-state index contributed by atoms with van der Waals surface area (Å²) in [6, 6.07) is 15.6. The summed E-state index contributed by atoms with van der Waals surface area (Å²) in [7, 11) is 0. The fraction of sp³-hybridized carbons (Fsp3) is 0.273. The number of aromatic nitrogens is 5. The highest BCUT2D eigenvalue weighted by Crippen LogP contribution is 2.31. The molecule has 4 aromatic rings. The number of nitrogens with zero attached hydrogens (tertiary/aromatic N) is 5. The van der Waals surface area contributed by atoms with Crippen molar-refractivity contribution in [1.29, 1.82) is 0 Å². The van der Waals surface area contributed by atoms with Crippen LogP contribution in [0.1, 0.15) is 6.92 Å². The molecule has 1 fully saturated rings. The molecule has 1 N–H and O–H groups in total. The number of aromatic amines is 1. The molecule has 0 radical (unpaired) electrons. The van der Waals surface area contributed by atoms with E-state index in [0.29, 0.717) is 19.8 Å². The first-order chi connectivity index (χ1) is 14.6. The Hall–Kier alpha value is -3.52. The van der Waals surface area contributed by atoms with Gasteiger partial charge in [-0.15, -0.1) is 5.10 Å². The smallest absolute Gasteiger partial charge is 0.248 e. The standard InChI is InChI=1S/C22H22N6O2/c1-22(13-30-14-22)12-27(17-8-6-16(7-9-17)19-10-23-15-24-19)21(29)11-28-20-5-3-2-4-18(20)25-26-28/h2-10,15H,11-14H2,1H3,(H,23,24). The molecule has 30 heavy (non-hydrogen) atoms. The lowest BCUT2D eigenvalue weighted by molar-refractivity contribution is -0.123. The number of carbonyl (C=O) groups excluding carboxylic acids is 1. The molecule has 1 saturated heterocycles. The minimum Gasteiger partial charge on any atom is -0.380 e. The Morgan fingerprint density at radius 1 is 1.20 bits per heavy atom. The number of ether oxygens (including phenoxy) is 1. The molecule has 0 saturated carbocycles. The third kappa shape index (κ3) is 3.46. The van der Waals surface area contributed by atoms with E-state index < -0.39 is 0 Å². The van der Waals surface area contributed by atoms with Gasteiger partial charge in [0.2, 0.25) is 5.91 Å². The van der Waals surface area contributed by atoms with Gasteiger partial charge in [-0.05, 0) is 29.8 Å². The number of nitrogens with one attached hydrogen (secondary N) is 1. The van der Waals surface area contributed by atoms with Crippen molar-refractivity contribution in [2.24, 2.45) is 5.41 Å². The molecule has 1 aliphatic rings. The van der Waals surface area contributed by atoms with E-state index in [9.17, 15) is 4.79 Å². The largest absolute Gasteiger partial charge is 0.380 e. The minimum absolute atomic E-state index is 0.0342. The molecule has 1 aliphatic heterocycles. The first-order valence-electron chi connectivity index (χ1n) is 9.87. The van der Waals surface area contributed by atoms with Crippen molar-refractivity contribution >= 4 is 22.6 Å². The fourth-order valence-electron chi connectivity index (χ4n) is 3.73. The lowest BCUT2D eigenvalue weighted by atomic mass is 9.87. The number of hydrogen-bond acceptors (Lipinski definition) is 5. The van der Waals surface area contributed by atoms with E-state index in [1.165, 1.54) is 0 Å². The molecule has 3 heterocycles. The van der Waals surface area contributed by atoms with Gasteiger partial charge in [0.25, 0.3) is 0 Å². The van der Waals surface area contributed by atoms with Gasteiger partial charge in [0.15, 0.2) is 0 Å². The van der Waals surface area contributed by atoms with Crippen LogP contribution in [-0.2, 0) is 16.1 Å². The van der Waals surface area contributed by atoms with Gasteiger partial charge in [0.05, 0.1) is 36.9 Å². The van der Waals surface area contributed by atoms with Gasteiger partial charge >= 0.3 is 0 Å². The SMILES string of the molecule is CC1(CN(C(=O)Cn2nnc3ccccc32)c2ccc(-c3cnc[nH]3)cc2)COC1. The highest BCUT2D eigenvalue weighted by molar-refractivity contribution is 5.94. The predicted molar refractivity (Wildman–Crippen MR) is 113 cm³/mol. The Morgan fingerprint density at radius 3 is 2.70 bits per heavy atom. The maximum Gasteiger partial charge on any atom is 0.248 e. The second-order valence-electron chi connectivity index (χ2n) is 8.03. The summed E-state index contributed by atoms with van der Waals surface area (Å²) < 4.78 is 7.07. The van der Waals surface area contributed by atoms with E-state index >= 15 is 0 Å². The Kier molecular flexibility index (Phi) is 4.55. The third-order valence-electron chi connectivity index (χ3n) is 5.44. The fourth-order valence-corrected chi connectivity index (χ4v) is 3.73. The quantitative estimate of drug-likeness (QED) is 0.536. The molecular formula is C22H22N6O2. The van der Waals surface area contributed by atoms with Crippen LogP contribution in [0.3, 0.4) is 0 Å². The third-order valence-corrected chi connectivity index (χ3v) is 5.44. The summed E-state index contributed by atoms with van der Waals surface area (Å²) in [5, 5.41) is 8.33. The van der Waals surface area contributed by atoms with Crippen molar-refractivity contribution in [1.82, 2.24) is 25.0 Å². The van der Waals surface area contributed by atoms with Gasteiger partial charge in [-0.2, -0.15) is 0 Å². The summed E-state index contributed by atoms with van der Waals surface area (Å²) in [6.45, 7) is 4.15. The molecule has 0 unspecified atom stereocenters. The topological polar surface area (TPSA) is 88.9 Å². The number of anilines is 1. The van der Waals surface area contributed by atoms with Crippen LogP contribution >= 0.6 is 0 Å². The monoisotopic (exact) mass is 402 g/mol. The first kappa shape index (κ1) is 18.5. The number of hydrogen-bond donors (Lipinski definition) is 1. The molecule has 0 atom stereocenters. The van der Waals surface area contributed by atoms with Crippen LogP contribution in [0.2, 0.25) is 0 Å². The average molecular weight is 402 g/mol. The van der Waals surface area contributed by atoms with Crippen LogP contribution < -0.4 is 4.90 Å². The molecule has 8 heteroatoms. The van der Waals surface area contributed by atoms with Crippen molar-refractivity contribution in [3.63, 3.8) is 0 Å². The van der Waals surface area contributed by atoms with Crippen molar-refractivity contribution < 1.29 is 9.53 Å². The number of carbonyl (C=O) groups is 1. The lowest BCUT2D eigenvalue weighted by Crippen LogP contribution is -2.51. The Bertz CT molecular complexity index is 1160. The maximum atomic E-state index is 13.4. The van der Waals surface area contributed by atoms with Gasteiger partial charge in [-0.25, -0.2) is 9.67 Å². The molecule has 5 rings (SSSR count). The van der Waals surface area contributed by atoms with Crippen LogP contribution in [-0.4, -0.2) is 50.6 Å². The van der Waals surface area contributed by atoms with Crippen LogP contribution in [0.5, 0.6) is 0 Å². The number of para-hydroxylation sites is 1. The summed E-state index contributed by atoms with van der Waals surface area (Å²) >= 11 is 0. The molecule has 0 bridgehead atoms. The molecular weight excluding hydrogens is 380 g/mol. The van der Waals surface area contributed by atoms with E-state index in [1.807, 2.05) is 53.4 Å². The number of imidazole rings is 1. The zero-order valence-electron chi connectivity index (χ0n) is 16.7. The minimum atomic E-state index is -0.0534. The van der Waals surface area contributed by atoms with Crippen molar-refractivity contribution in [3.8, 4) is 11.3 Å². The number of benzene rings is 2. The number of fused-ring (bicyclic) bond motifs is 1. The highest BCUT2D eigenvalue weighted by atomic mass is 16.5. The molecule has 0 spiro atoms. The zero-order valence-corrected chi connectivity index (χ0v) is 16.7. The van der Waals surface area contributed by atoms with E-state index in [0.717, 1.165) is 28.0 Å². The summed E-state index contributed by atoms with van der Waals surface area (Å²) in [6.07, 6.45) is 3.43. The van der Waals surface area contributed by atoms with E-state index in [2.05, 4.69) is 27.2 Å². The Morgan fingerprint density at radius 2 is 2.00 bits per heavy atom. The maximum absolute atomic E-state index is 13.4. The van der Waals surface area contributed by atoms with Crippen LogP contribution in [0.25, 0.3) is 22.3 Å². The van der Waals surface area contributed by atoms with Gasteiger partial charge in [0, 0.05) is 17.6 Å². The summed E-state index contributed by atoms with van der Waals surface area (Å²) in [5.41, 5.74) is 4.37. The van der Waals surface area contributed by atoms with Gasteiger partial charge in [0.1, 0.15) is 12.1 Å². The normalized spacial score (nSPS) is 15.1. The van der Waals surface area contributed by atoms with E-state index in [-0.39, 0.29) is 17.9 Å². The van der Waals surface area contributed by atoms with Gasteiger partial charge in [-0.3, -0.25) is 4.79 Å². The molecule has 8 nitrogen and oxygen atoms in total. The van der Waals surface area contributed by atoms with Gasteiger partial charge in [-0.1, -0.05) is 36.4 Å². The second kappa shape index (κ2) is 7.38. The summed E-state index contributed by atoms with van der Waals surface area (Å²) in [4.78, 5) is 22.4.